The Hall–Kier alpha value is -4.59. The topological polar surface area (TPSA) is 110 Å². The van der Waals surface area contributed by atoms with E-state index in [0.717, 1.165) is 4.90 Å². The number of nitrogens with zero attached hydrogens (tertiary/aromatic N) is 1. The largest absolute Gasteiger partial charge is 0.452 e. The summed E-state index contributed by atoms with van der Waals surface area (Å²) in [6, 6.07) is 19.3. The van der Waals surface area contributed by atoms with Gasteiger partial charge in [0.1, 0.15) is 0 Å². The lowest BCUT2D eigenvalue weighted by molar-refractivity contribution is -0.119. The molecule has 8 nitrogen and oxygen atoms in total. The summed E-state index contributed by atoms with van der Waals surface area (Å²) in [7, 11) is 0. The van der Waals surface area contributed by atoms with Gasteiger partial charge in [0.15, 0.2) is 12.4 Å². The molecule has 1 aliphatic heterocycles. The number of esters is 1. The van der Waals surface area contributed by atoms with Crippen LogP contribution in [-0.4, -0.2) is 41.0 Å². The summed E-state index contributed by atoms with van der Waals surface area (Å²) in [5.41, 5.74) is 2.45. The Balaban J connectivity index is 1.35. The maximum Gasteiger partial charge on any atom is 0.338 e. The highest BCUT2D eigenvalue weighted by Gasteiger charge is 2.35. The Kier molecular flexibility index (Phi) is 6.31. The van der Waals surface area contributed by atoms with Crippen LogP contribution in [0.25, 0.3) is 0 Å². The first-order chi connectivity index (χ1) is 16.3. The van der Waals surface area contributed by atoms with Crippen molar-refractivity contribution in [2.75, 3.05) is 11.9 Å². The molecule has 1 aliphatic rings. The Labute approximate surface area is 195 Å². The second-order valence-corrected chi connectivity index (χ2v) is 7.70. The predicted molar refractivity (Wildman–Crippen MR) is 122 cm³/mol. The monoisotopic (exact) mass is 456 g/mol. The molecule has 0 atom stereocenters. The van der Waals surface area contributed by atoms with Gasteiger partial charge in [0.2, 0.25) is 0 Å². The van der Waals surface area contributed by atoms with E-state index >= 15 is 0 Å². The number of Topliss-reactive ketones (excluding diaryl/α,β-unsaturated/α-hetero) is 1. The van der Waals surface area contributed by atoms with E-state index in [-0.39, 0.29) is 29.7 Å². The van der Waals surface area contributed by atoms with Gasteiger partial charge in [-0.3, -0.25) is 24.1 Å². The summed E-state index contributed by atoms with van der Waals surface area (Å²) in [6.45, 7) is 0.946. The lowest BCUT2D eigenvalue weighted by atomic mass is 10.1. The summed E-state index contributed by atoms with van der Waals surface area (Å²) < 4.78 is 5.09. The molecular weight excluding hydrogens is 436 g/mol. The van der Waals surface area contributed by atoms with E-state index in [1.54, 1.807) is 60.7 Å². The molecule has 34 heavy (non-hydrogen) atoms. The zero-order valence-corrected chi connectivity index (χ0v) is 18.2. The SMILES string of the molecule is CC(=O)c1ccc(NC(=O)COC(=O)c2cccc(CN3C(=O)c4ccccc4C3=O)c2)cc1. The molecule has 3 aromatic carbocycles. The highest BCUT2D eigenvalue weighted by Crippen LogP contribution is 2.24. The van der Waals surface area contributed by atoms with Crippen molar-refractivity contribution in [3.63, 3.8) is 0 Å². The van der Waals surface area contributed by atoms with Crippen LogP contribution >= 0.6 is 0 Å². The van der Waals surface area contributed by atoms with Crippen LogP contribution in [-0.2, 0) is 16.1 Å². The third kappa shape index (κ3) is 4.75. The van der Waals surface area contributed by atoms with Gasteiger partial charge >= 0.3 is 5.97 Å². The van der Waals surface area contributed by atoms with Crippen LogP contribution < -0.4 is 5.32 Å². The summed E-state index contributed by atoms with van der Waals surface area (Å²) in [6.07, 6.45) is 0. The number of ketones is 1. The summed E-state index contributed by atoms with van der Waals surface area (Å²) in [5, 5.41) is 2.58. The van der Waals surface area contributed by atoms with Gasteiger partial charge in [-0.05, 0) is 61.0 Å². The van der Waals surface area contributed by atoms with Crippen LogP contribution in [0.3, 0.4) is 0 Å². The molecule has 3 amide bonds. The number of amides is 3. The average molecular weight is 456 g/mol. The van der Waals surface area contributed by atoms with Gasteiger partial charge in [-0.15, -0.1) is 0 Å². The molecule has 0 radical (unpaired) electrons. The Morgan fingerprint density at radius 3 is 2.09 bits per heavy atom. The fraction of sp³-hybridized carbons (Fsp3) is 0.115. The van der Waals surface area contributed by atoms with E-state index in [0.29, 0.717) is 27.9 Å². The van der Waals surface area contributed by atoms with Gasteiger partial charge in [-0.2, -0.15) is 0 Å². The minimum atomic E-state index is -0.716. The molecule has 0 saturated carbocycles. The molecule has 4 rings (SSSR count). The molecule has 0 aromatic heterocycles. The van der Waals surface area contributed by atoms with E-state index < -0.39 is 18.5 Å². The zero-order chi connectivity index (χ0) is 24.2. The second kappa shape index (κ2) is 9.50. The summed E-state index contributed by atoms with van der Waals surface area (Å²) in [5.74, 6) is -2.11. The van der Waals surface area contributed by atoms with Gasteiger partial charge in [-0.1, -0.05) is 24.3 Å². The Morgan fingerprint density at radius 1 is 0.824 bits per heavy atom. The van der Waals surface area contributed by atoms with Crippen LogP contribution in [0.2, 0.25) is 0 Å². The number of carbonyl (C=O) groups is 5. The molecule has 170 valence electrons. The number of carbonyl (C=O) groups excluding carboxylic acids is 5. The number of rotatable bonds is 7. The van der Waals surface area contributed by atoms with Gasteiger partial charge in [0.05, 0.1) is 23.2 Å². The molecule has 0 unspecified atom stereocenters. The maximum atomic E-state index is 12.6. The van der Waals surface area contributed by atoms with Crippen molar-refractivity contribution in [1.29, 1.82) is 0 Å². The fourth-order valence-corrected chi connectivity index (χ4v) is 3.56. The first-order valence-electron chi connectivity index (χ1n) is 10.5. The van der Waals surface area contributed by atoms with E-state index in [4.69, 9.17) is 4.74 Å². The normalized spacial score (nSPS) is 12.3. The molecule has 0 aliphatic carbocycles. The number of benzene rings is 3. The van der Waals surface area contributed by atoms with Crippen molar-refractivity contribution < 1.29 is 28.7 Å². The minimum absolute atomic E-state index is 0.00418. The van der Waals surface area contributed by atoms with Crippen LogP contribution in [0.1, 0.15) is 53.9 Å². The highest BCUT2D eigenvalue weighted by molar-refractivity contribution is 6.21. The quantitative estimate of drug-likeness (QED) is 0.331. The first kappa shape index (κ1) is 22.6. The molecular formula is C26H20N2O6. The molecule has 8 heteroatoms. The van der Waals surface area contributed by atoms with Gasteiger partial charge in [0.25, 0.3) is 17.7 Å². The summed E-state index contributed by atoms with van der Waals surface area (Å²) in [4.78, 5) is 62.1. The number of hydrogen-bond acceptors (Lipinski definition) is 6. The molecule has 0 saturated heterocycles. The molecule has 0 fully saturated rings. The molecule has 1 heterocycles. The Bertz CT molecular complexity index is 1280. The average Bonchev–Trinajstić information content (AvgIpc) is 3.08. The zero-order valence-electron chi connectivity index (χ0n) is 18.2. The number of imide groups is 1. The van der Waals surface area contributed by atoms with Gasteiger partial charge in [0, 0.05) is 11.3 Å². The third-order valence-corrected chi connectivity index (χ3v) is 5.29. The van der Waals surface area contributed by atoms with Crippen LogP contribution in [0.4, 0.5) is 5.69 Å². The highest BCUT2D eigenvalue weighted by atomic mass is 16.5. The van der Waals surface area contributed by atoms with Crippen molar-refractivity contribution in [2.45, 2.75) is 13.5 Å². The van der Waals surface area contributed by atoms with Crippen molar-refractivity contribution >= 4 is 35.2 Å². The standard InChI is InChI=1S/C26H20N2O6/c1-16(29)18-9-11-20(12-10-18)27-23(30)15-34-26(33)19-6-4-5-17(13-19)14-28-24(31)21-7-2-3-8-22(21)25(28)32/h2-13H,14-15H2,1H3,(H,27,30). The lowest BCUT2D eigenvalue weighted by Crippen LogP contribution is -2.29. The molecule has 1 N–H and O–H groups in total. The van der Waals surface area contributed by atoms with Crippen molar-refractivity contribution in [2.24, 2.45) is 0 Å². The van der Waals surface area contributed by atoms with Crippen molar-refractivity contribution in [1.82, 2.24) is 4.90 Å². The van der Waals surface area contributed by atoms with Crippen molar-refractivity contribution in [3.8, 4) is 0 Å². The number of anilines is 1. The van der Waals surface area contributed by atoms with Crippen LogP contribution in [0.5, 0.6) is 0 Å². The van der Waals surface area contributed by atoms with Crippen LogP contribution in [0.15, 0.2) is 72.8 Å². The summed E-state index contributed by atoms with van der Waals surface area (Å²) >= 11 is 0. The maximum absolute atomic E-state index is 12.6. The van der Waals surface area contributed by atoms with Gasteiger partial charge in [-0.25, -0.2) is 4.79 Å². The first-order valence-corrected chi connectivity index (χ1v) is 10.5. The number of nitrogens with one attached hydrogen (secondary N) is 1. The second-order valence-electron chi connectivity index (χ2n) is 7.70. The lowest BCUT2D eigenvalue weighted by Gasteiger charge is -2.14. The predicted octanol–water partition coefficient (Wildman–Crippen LogP) is 3.48. The smallest absolute Gasteiger partial charge is 0.338 e. The Morgan fingerprint density at radius 2 is 1.47 bits per heavy atom. The molecule has 0 spiro atoms. The number of fused-ring (bicyclic) bond motifs is 1. The minimum Gasteiger partial charge on any atom is -0.452 e. The van der Waals surface area contributed by atoms with Gasteiger partial charge < -0.3 is 10.1 Å². The molecule has 3 aromatic rings. The number of hydrogen-bond donors (Lipinski definition) is 1. The number of ether oxygens (including phenoxy) is 1. The van der Waals surface area contributed by atoms with E-state index in [1.807, 2.05) is 0 Å². The van der Waals surface area contributed by atoms with Crippen LogP contribution in [0, 0.1) is 0 Å². The van der Waals surface area contributed by atoms with E-state index in [9.17, 15) is 24.0 Å². The third-order valence-electron chi connectivity index (χ3n) is 5.29. The fourth-order valence-electron chi connectivity index (χ4n) is 3.56. The van der Waals surface area contributed by atoms with E-state index in [1.165, 1.54) is 19.1 Å². The molecule has 0 bridgehead atoms. The van der Waals surface area contributed by atoms with E-state index in [2.05, 4.69) is 5.32 Å². The van der Waals surface area contributed by atoms with Crippen molar-refractivity contribution in [3.05, 3.63) is 101 Å².